The third-order valence-corrected chi connectivity index (χ3v) is 10.9. The number of phenolic OH excluding ortho intramolecular Hbond substituents is 15. The van der Waals surface area contributed by atoms with Gasteiger partial charge in [0.1, 0.15) is 22.5 Å². The molecular weight excluding hydrogens is 842 g/mol. The number of hydrogen-bond donors (Lipinski definition) is 15. The Hall–Kier alpha value is -9.72. The Morgan fingerprint density at radius 1 is 0.375 bits per heavy atom. The summed E-state index contributed by atoms with van der Waals surface area (Å²) in [5.74, 6) is -20.9. The van der Waals surface area contributed by atoms with Gasteiger partial charge in [0.2, 0.25) is 28.7 Å². The summed E-state index contributed by atoms with van der Waals surface area (Å²) in [5, 5.41) is 170. The Morgan fingerprint density at radius 3 is 1.53 bits per heavy atom. The Bertz CT molecular complexity index is 3660. The van der Waals surface area contributed by atoms with Crippen LogP contribution < -0.4 is 0 Å². The predicted molar refractivity (Wildman–Crippen MR) is 223 cm³/mol. The average molecular weight is 870 g/mol. The number of phenols is 15. The summed E-state index contributed by atoms with van der Waals surface area (Å²) in [6, 6.07) is 21.0. The van der Waals surface area contributed by atoms with E-state index in [0.717, 1.165) is 10.8 Å². The molecule has 20 nitrogen and oxygen atoms in total. The number of hydrogen-bond acceptors (Lipinski definition) is 19. The third kappa shape index (κ3) is 4.97. The second-order valence-electron chi connectivity index (χ2n) is 14.4. The van der Waals surface area contributed by atoms with Crippen molar-refractivity contribution in [1.82, 2.24) is 14.8 Å². The van der Waals surface area contributed by atoms with Gasteiger partial charge in [0, 0.05) is 16.3 Å². The van der Waals surface area contributed by atoms with E-state index in [9.17, 15) is 76.6 Å². The van der Waals surface area contributed by atoms with Crippen molar-refractivity contribution < 1.29 is 85.4 Å². The van der Waals surface area contributed by atoms with Crippen LogP contribution in [-0.4, -0.2) is 91.4 Å². The Balaban J connectivity index is 1.20. The molecule has 0 aliphatic rings. The third-order valence-electron chi connectivity index (χ3n) is 10.9. The van der Waals surface area contributed by atoms with Gasteiger partial charge in [0.05, 0.1) is 38.7 Å². The summed E-state index contributed by atoms with van der Waals surface area (Å²) in [5.41, 5.74) is -5.27. The zero-order valence-corrected chi connectivity index (χ0v) is 31.8. The highest BCUT2D eigenvalue weighted by atomic mass is 16.4. The van der Waals surface area contributed by atoms with Crippen LogP contribution in [0.25, 0.3) is 94.6 Å². The normalized spacial score (nSPS) is 11.8. The van der Waals surface area contributed by atoms with Gasteiger partial charge in [-0.1, -0.05) is 42.5 Å². The van der Waals surface area contributed by atoms with Crippen LogP contribution in [0.3, 0.4) is 0 Å². The minimum absolute atomic E-state index is 0.0997. The smallest absolute Gasteiger partial charge is 0.208 e. The van der Waals surface area contributed by atoms with Gasteiger partial charge in [0.25, 0.3) is 0 Å². The first-order chi connectivity index (χ1) is 30.5. The van der Waals surface area contributed by atoms with Gasteiger partial charge in [-0.3, -0.25) is 0 Å². The number of benzene rings is 7. The maximum Gasteiger partial charge on any atom is 0.208 e. The lowest BCUT2D eigenvalue weighted by molar-refractivity contribution is 0.348. The molecule has 0 amide bonds. The predicted octanol–water partition coefficient (Wildman–Crippen LogP) is 7.32. The highest BCUT2D eigenvalue weighted by molar-refractivity contribution is 6.20. The molecule has 0 radical (unpaired) electrons. The Labute approximate surface area is 353 Å². The Kier molecular flexibility index (Phi) is 7.90. The van der Waals surface area contributed by atoms with Gasteiger partial charge in [-0.2, -0.15) is 0 Å². The van der Waals surface area contributed by atoms with Crippen LogP contribution >= 0.6 is 0 Å². The highest BCUT2D eigenvalue weighted by Gasteiger charge is 2.38. The molecule has 3 aromatic heterocycles. The van der Waals surface area contributed by atoms with E-state index in [1.165, 1.54) is 4.68 Å². The summed E-state index contributed by atoms with van der Waals surface area (Å²) >= 11 is 0. The molecule has 3 heterocycles. The summed E-state index contributed by atoms with van der Waals surface area (Å²) in [6.07, 6.45) is 0. The summed E-state index contributed by atoms with van der Waals surface area (Å²) in [7, 11) is 0. The number of furan rings is 2. The second-order valence-corrected chi connectivity index (χ2v) is 14.4. The van der Waals surface area contributed by atoms with Crippen molar-refractivity contribution in [1.29, 1.82) is 0 Å². The number of para-hydroxylation sites is 2. The van der Waals surface area contributed by atoms with Gasteiger partial charge in [-0.25, -0.2) is 9.67 Å². The van der Waals surface area contributed by atoms with Gasteiger partial charge in [-0.05, 0) is 30.3 Å². The Morgan fingerprint density at radius 2 is 0.859 bits per heavy atom. The van der Waals surface area contributed by atoms with Crippen LogP contribution in [0, 0.1) is 0 Å². The van der Waals surface area contributed by atoms with E-state index in [1.54, 1.807) is 54.6 Å². The molecule has 10 aromatic rings. The SMILES string of the molecule is Oc1c(O)c(-c2nc(-c3ccc4c(c3)oc3ccccc34)n(-c3ccccc3)n2)c(O)c(-c2c(O)c(O)c(-c3c(O)c(O)c(O)c4c3oc3c(O)c(O)c(O)c(O)c34)c(O)c2O)c1O. The van der Waals surface area contributed by atoms with Crippen LogP contribution in [0.4, 0.5) is 0 Å². The zero-order chi connectivity index (χ0) is 45.4. The van der Waals surface area contributed by atoms with Crippen molar-refractivity contribution in [2.45, 2.75) is 0 Å². The molecule has 7 aromatic carbocycles. The van der Waals surface area contributed by atoms with E-state index in [2.05, 4.69) is 10.1 Å². The largest absolute Gasteiger partial charge is 0.506 e. The molecule has 0 spiro atoms. The fourth-order valence-corrected chi connectivity index (χ4v) is 7.90. The molecule has 10 rings (SSSR count). The van der Waals surface area contributed by atoms with Gasteiger partial charge in [-0.15, -0.1) is 5.10 Å². The molecule has 0 fully saturated rings. The molecule has 64 heavy (non-hydrogen) atoms. The van der Waals surface area contributed by atoms with Crippen LogP contribution in [0.1, 0.15) is 0 Å². The maximum absolute atomic E-state index is 11.9. The molecule has 0 bridgehead atoms. The first kappa shape index (κ1) is 38.5. The van der Waals surface area contributed by atoms with Crippen LogP contribution in [0.2, 0.25) is 0 Å². The standard InChI is InChI=1S/C44H27N3O17/c48-26-19(20-27(49)29(51)21(30(52)28(20)50)22-32(54)37(59)33(55)23-24-34(56)38(60)39(61)40(62)42(24)64-41(22)23)31(53)36(58)35(57)25(26)43-45-44(47(46-43)14-6-2-1-3-7-14)13-10-11-16-15-8-4-5-9-17(15)63-18(16)12-13/h1-12,48-62H. The summed E-state index contributed by atoms with van der Waals surface area (Å²) in [4.78, 5) is 4.57. The molecule has 0 aliphatic carbocycles. The molecule has 0 atom stereocenters. The van der Waals surface area contributed by atoms with E-state index >= 15 is 0 Å². The minimum atomic E-state index is -1.52. The molecule has 0 saturated heterocycles. The fourth-order valence-electron chi connectivity index (χ4n) is 7.90. The first-order valence-electron chi connectivity index (χ1n) is 18.5. The van der Waals surface area contributed by atoms with E-state index < -0.39 is 142 Å². The van der Waals surface area contributed by atoms with Crippen molar-refractivity contribution in [3.8, 4) is 137 Å². The molecular formula is C44H27N3O17. The lowest BCUT2D eigenvalue weighted by Gasteiger charge is -2.20. The van der Waals surface area contributed by atoms with Crippen molar-refractivity contribution >= 4 is 43.9 Å². The molecule has 20 heteroatoms. The fraction of sp³-hybridized carbons (Fsp3) is 0. The zero-order valence-electron chi connectivity index (χ0n) is 31.8. The monoisotopic (exact) mass is 869 g/mol. The lowest BCUT2D eigenvalue weighted by Crippen LogP contribution is -1.99. The van der Waals surface area contributed by atoms with Crippen molar-refractivity contribution in [2.75, 3.05) is 0 Å². The molecule has 0 aliphatic heterocycles. The summed E-state index contributed by atoms with van der Waals surface area (Å²) in [6.45, 7) is 0. The second kappa shape index (κ2) is 13.1. The quantitative estimate of drug-likeness (QED) is 0.0594. The number of rotatable bonds is 5. The molecule has 15 N–H and O–H groups in total. The van der Waals surface area contributed by atoms with Crippen LogP contribution in [0.15, 0.2) is 81.6 Å². The molecule has 320 valence electrons. The highest BCUT2D eigenvalue weighted by Crippen LogP contribution is 2.65. The van der Waals surface area contributed by atoms with Gasteiger partial charge >= 0.3 is 0 Å². The van der Waals surface area contributed by atoms with Crippen LogP contribution in [-0.2, 0) is 0 Å². The number of nitrogens with zero attached hydrogens (tertiary/aromatic N) is 3. The van der Waals surface area contributed by atoms with Crippen molar-refractivity contribution in [3.05, 3.63) is 72.8 Å². The minimum Gasteiger partial charge on any atom is -0.506 e. The number of aromatic hydroxyl groups is 15. The lowest BCUT2D eigenvalue weighted by atomic mass is 9.91. The van der Waals surface area contributed by atoms with Gasteiger partial charge < -0.3 is 85.4 Å². The van der Waals surface area contributed by atoms with E-state index in [4.69, 9.17) is 8.83 Å². The summed E-state index contributed by atoms with van der Waals surface area (Å²) < 4.78 is 12.9. The maximum atomic E-state index is 11.9. The van der Waals surface area contributed by atoms with Crippen LogP contribution in [0.5, 0.6) is 86.2 Å². The molecule has 0 unspecified atom stereocenters. The topological polar surface area (TPSA) is 360 Å². The van der Waals surface area contributed by atoms with Crippen molar-refractivity contribution in [2.24, 2.45) is 0 Å². The average Bonchev–Trinajstić information content (AvgIpc) is 4.02. The first-order valence-corrected chi connectivity index (χ1v) is 18.5. The number of fused-ring (bicyclic) bond motifs is 6. The van der Waals surface area contributed by atoms with Gasteiger partial charge in [0.15, 0.2) is 74.6 Å². The molecule has 0 saturated carbocycles. The number of aromatic nitrogens is 3. The van der Waals surface area contributed by atoms with E-state index in [1.807, 2.05) is 18.2 Å². The van der Waals surface area contributed by atoms with E-state index in [0.29, 0.717) is 22.4 Å². The van der Waals surface area contributed by atoms with Crippen molar-refractivity contribution in [3.63, 3.8) is 0 Å². The van der Waals surface area contributed by atoms with E-state index in [-0.39, 0.29) is 5.82 Å².